The van der Waals surface area contributed by atoms with Gasteiger partial charge in [0.15, 0.2) is 0 Å². The topological polar surface area (TPSA) is 12.9 Å². The maximum absolute atomic E-state index is 4.65. The normalized spacial score (nSPS) is 15.7. The zero-order valence-electron chi connectivity index (χ0n) is 14.6. The maximum atomic E-state index is 4.65. The van der Waals surface area contributed by atoms with E-state index in [4.69, 9.17) is 0 Å². The van der Waals surface area contributed by atoms with Crippen molar-refractivity contribution in [2.45, 2.75) is 12.8 Å². The Balaban J connectivity index is 0.000000871. The largest absolute Gasteiger partial charge is 3.00 e. The van der Waals surface area contributed by atoms with E-state index in [1.165, 1.54) is 38.8 Å². The van der Waals surface area contributed by atoms with E-state index in [2.05, 4.69) is 78.7 Å². The molecule has 27 heavy (non-hydrogen) atoms. The number of fused-ring (bicyclic) bond motifs is 4. The van der Waals surface area contributed by atoms with Crippen molar-refractivity contribution >= 4 is 10.9 Å². The Labute approximate surface area is 182 Å². The van der Waals surface area contributed by atoms with Crippen LogP contribution in [-0.4, -0.2) is 4.98 Å². The second-order valence-electron chi connectivity index (χ2n) is 6.40. The van der Waals surface area contributed by atoms with E-state index >= 15 is 0 Å². The molecule has 1 nitrogen and oxygen atoms in total. The van der Waals surface area contributed by atoms with Crippen molar-refractivity contribution in [2.75, 3.05) is 0 Å². The van der Waals surface area contributed by atoms with Crippen LogP contribution in [0.5, 0.6) is 0 Å². The van der Waals surface area contributed by atoms with Gasteiger partial charge in [-0.1, -0.05) is 53.6 Å². The van der Waals surface area contributed by atoms with E-state index in [0.717, 1.165) is 5.52 Å². The zero-order valence-corrected chi connectivity index (χ0v) is 17.4. The van der Waals surface area contributed by atoms with Gasteiger partial charge >= 0.3 is 17.4 Å². The molecular formula is C23H16Cl2CrN. The molecule has 5 rings (SSSR count). The first-order valence-electron chi connectivity index (χ1n) is 8.29. The molecule has 0 fully saturated rings. The standard InChI is InChI=1S/C23H16N.2ClH.Cr/c1-15-11-12-19-18-9-3-2-6-17(18)14-21(19)22(15)20-10-4-7-16-8-5-13-24-23(16)20;;;/h2-13,18H,1H3;2*1H;/q-1;;;+3/p-2. The van der Waals surface area contributed by atoms with E-state index in [1.54, 1.807) is 0 Å². The molecule has 1 atom stereocenters. The predicted octanol–water partition coefficient (Wildman–Crippen LogP) is -0.483. The van der Waals surface area contributed by atoms with Gasteiger partial charge in [-0.2, -0.15) is 0 Å². The van der Waals surface area contributed by atoms with E-state index < -0.39 is 0 Å². The molecule has 4 heteroatoms. The summed E-state index contributed by atoms with van der Waals surface area (Å²) in [6, 6.07) is 15.0. The third-order valence-corrected chi connectivity index (χ3v) is 4.98. The summed E-state index contributed by atoms with van der Waals surface area (Å²) in [4.78, 5) is 4.65. The smallest absolute Gasteiger partial charge is 1.00 e. The second-order valence-corrected chi connectivity index (χ2v) is 6.40. The number of aromatic nitrogens is 1. The van der Waals surface area contributed by atoms with Crippen LogP contribution in [0.15, 0.2) is 78.5 Å². The van der Waals surface area contributed by atoms with Crippen molar-refractivity contribution in [3.05, 3.63) is 101 Å². The Hall–Kier alpha value is -1.82. The summed E-state index contributed by atoms with van der Waals surface area (Å²) < 4.78 is 0. The molecule has 0 N–H and O–H groups in total. The van der Waals surface area contributed by atoms with Crippen LogP contribution < -0.4 is 24.8 Å². The molecule has 133 valence electrons. The molecule has 0 saturated heterocycles. The average molecular weight is 429 g/mol. The first kappa shape index (κ1) is 21.5. The minimum atomic E-state index is 0. The van der Waals surface area contributed by atoms with Crippen LogP contribution in [0.4, 0.5) is 0 Å². The van der Waals surface area contributed by atoms with Gasteiger partial charge in [0, 0.05) is 6.20 Å². The van der Waals surface area contributed by atoms with Gasteiger partial charge in [0.1, 0.15) is 0 Å². The Morgan fingerprint density at radius 1 is 0.963 bits per heavy atom. The van der Waals surface area contributed by atoms with Crippen LogP contribution in [-0.2, 0) is 17.4 Å². The monoisotopic (exact) mass is 428 g/mol. The zero-order chi connectivity index (χ0) is 16.1. The molecule has 1 unspecified atom stereocenters. The molecule has 1 radical (unpaired) electrons. The number of hydrogen-bond donors (Lipinski definition) is 0. The number of benzene rings is 2. The Morgan fingerprint density at radius 3 is 2.63 bits per heavy atom. The van der Waals surface area contributed by atoms with Gasteiger partial charge in [0.2, 0.25) is 0 Å². The summed E-state index contributed by atoms with van der Waals surface area (Å²) in [7, 11) is 0. The third kappa shape index (κ3) is 3.40. The summed E-state index contributed by atoms with van der Waals surface area (Å²) >= 11 is 0. The Kier molecular flexibility index (Phi) is 6.74. The molecule has 0 bridgehead atoms. The second kappa shape index (κ2) is 8.47. The molecule has 2 aliphatic carbocycles. The van der Waals surface area contributed by atoms with Crippen molar-refractivity contribution in [3.63, 3.8) is 0 Å². The van der Waals surface area contributed by atoms with Crippen LogP contribution in [0.1, 0.15) is 22.6 Å². The fraction of sp³-hybridized carbons (Fsp3) is 0.0870. The van der Waals surface area contributed by atoms with Gasteiger partial charge in [0.25, 0.3) is 0 Å². The first-order chi connectivity index (χ1) is 11.8. The van der Waals surface area contributed by atoms with Crippen LogP contribution in [0.2, 0.25) is 0 Å². The van der Waals surface area contributed by atoms with Gasteiger partial charge in [0.05, 0.1) is 5.52 Å². The molecule has 1 aromatic heterocycles. The molecule has 3 aromatic rings. The van der Waals surface area contributed by atoms with E-state index in [0.29, 0.717) is 5.92 Å². The summed E-state index contributed by atoms with van der Waals surface area (Å²) in [6.07, 6.45) is 14.2. The number of hydrogen-bond acceptors (Lipinski definition) is 1. The van der Waals surface area contributed by atoms with Crippen molar-refractivity contribution in [2.24, 2.45) is 0 Å². The number of para-hydroxylation sites is 1. The minimum Gasteiger partial charge on any atom is -1.00 e. The van der Waals surface area contributed by atoms with Gasteiger partial charge in [-0.05, 0) is 29.9 Å². The molecule has 0 spiro atoms. The molecule has 1 heterocycles. The predicted molar refractivity (Wildman–Crippen MR) is 98.8 cm³/mol. The van der Waals surface area contributed by atoms with Gasteiger partial charge in [-0.25, -0.2) is 0 Å². The molecule has 0 aliphatic heterocycles. The Bertz CT molecular complexity index is 1080. The van der Waals surface area contributed by atoms with Crippen molar-refractivity contribution in [1.29, 1.82) is 0 Å². The number of pyridine rings is 1. The van der Waals surface area contributed by atoms with E-state index in [-0.39, 0.29) is 42.2 Å². The van der Waals surface area contributed by atoms with Gasteiger partial charge in [-0.15, -0.1) is 41.0 Å². The van der Waals surface area contributed by atoms with E-state index in [1.807, 2.05) is 12.3 Å². The quantitative estimate of drug-likeness (QED) is 0.477. The molecule has 2 aromatic carbocycles. The van der Waals surface area contributed by atoms with Crippen LogP contribution in [0.3, 0.4) is 0 Å². The fourth-order valence-corrected chi connectivity index (χ4v) is 3.85. The number of allylic oxidation sites excluding steroid dienone is 5. The Morgan fingerprint density at radius 2 is 1.78 bits per heavy atom. The van der Waals surface area contributed by atoms with Crippen LogP contribution in [0, 0.1) is 13.0 Å². The van der Waals surface area contributed by atoms with Gasteiger partial charge in [-0.3, -0.25) is 4.98 Å². The van der Waals surface area contributed by atoms with Crippen molar-refractivity contribution in [1.82, 2.24) is 4.98 Å². The number of rotatable bonds is 1. The SMILES string of the molecule is Cc1ccc2c(c1-c1cccc3cccnc13)[C-]=C1C=CC=CC12.[Cl-].[Cl-].[Cr+3]. The van der Waals surface area contributed by atoms with Crippen molar-refractivity contribution in [3.8, 4) is 11.1 Å². The maximum Gasteiger partial charge on any atom is 3.00 e. The number of nitrogens with zero attached hydrogens (tertiary/aromatic N) is 1. The summed E-state index contributed by atoms with van der Waals surface area (Å²) in [6.45, 7) is 2.18. The van der Waals surface area contributed by atoms with Crippen LogP contribution in [0.25, 0.3) is 22.0 Å². The first-order valence-corrected chi connectivity index (χ1v) is 8.29. The number of halogens is 2. The third-order valence-electron chi connectivity index (χ3n) is 4.98. The summed E-state index contributed by atoms with van der Waals surface area (Å²) in [5.74, 6) is 0.340. The summed E-state index contributed by atoms with van der Waals surface area (Å²) in [5, 5.41) is 1.18. The molecule has 0 amide bonds. The number of aryl methyl sites for hydroxylation is 1. The van der Waals surface area contributed by atoms with Crippen molar-refractivity contribution < 1.29 is 42.2 Å². The minimum absolute atomic E-state index is 0. The van der Waals surface area contributed by atoms with E-state index in [9.17, 15) is 0 Å². The molecule has 0 saturated carbocycles. The van der Waals surface area contributed by atoms with Crippen LogP contribution >= 0.6 is 0 Å². The average Bonchev–Trinajstić information content (AvgIpc) is 3.00. The molecular weight excluding hydrogens is 413 g/mol. The van der Waals surface area contributed by atoms with Gasteiger partial charge < -0.3 is 24.8 Å². The fourth-order valence-electron chi connectivity index (χ4n) is 3.85. The molecule has 2 aliphatic rings. The summed E-state index contributed by atoms with van der Waals surface area (Å²) in [5.41, 5.74) is 8.62.